The molecule has 4 heteroatoms. The minimum atomic E-state index is -0.182. The molecule has 2 fully saturated rings. The Morgan fingerprint density at radius 1 is 1.12 bits per heavy atom. The molecule has 1 aromatic carbocycles. The van der Waals surface area contributed by atoms with E-state index in [1.165, 1.54) is 44.3 Å². The molecule has 1 aromatic rings. The van der Waals surface area contributed by atoms with Gasteiger partial charge >= 0.3 is 0 Å². The fraction of sp³-hybridized carbons (Fsp3) is 0.682. The molecular weight excluding hydrogens is 324 g/mol. The first-order valence-corrected chi connectivity index (χ1v) is 10.4. The van der Waals surface area contributed by atoms with Gasteiger partial charge in [-0.1, -0.05) is 43.2 Å². The second-order valence-corrected chi connectivity index (χ2v) is 8.11. The van der Waals surface area contributed by atoms with Gasteiger partial charge in [-0.2, -0.15) is 0 Å². The minimum absolute atomic E-state index is 0.145. The Labute approximate surface area is 158 Å². The molecule has 1 aliphatic heterocycles. The van der Waals surface area contributed by atoms with E-state index in [2.05, 4.69) is 22.3 Å². The smallest absolute Gasteiger partial charge is 0.220 e. The van der Waals surface area contributed by atoms with Gasteiger partial charge in [0.25, 0.3) is 0 Å². The summed E-state index contributed by atoms with van der Waals surface area (Å²) in [4.78, 5) is 15.0. The number of likely N-dealkylation sites (tertiary alicyclic amines) is 1. The van der Waals surface area contributed by atoms with Gasteiger partial charge in [0.15, 0.2) is 0 Å². The van der Waals surface area contributed by atoms with Crippen molar-refractivity contribution < 1.29 is 9.90 Å². The molecule has 1 heterocycles. The first-order chi connectivity index (χ1) is 12.7. The van der Waals surface area contributed by atoms with Crippen molar-refractivity contribution in [2.45, 2.75) is 69.9 Å². The van der Waals surface area contributed by atoms with E-state index >= 15 is 0 Å². The van der Waals surface area contributed by atoms with Crippen LogP contribution in [0.4, 0.5) is 0 Å². The summed E-state index contributed by atoms with van der Waals surface area (Å²) in [5.41, 5.74) is 1.25. The van der Waals surface area contributed by atoms with Crippen LogP contribution in [0.1, 0.15) is 56.9 Å². The lowest BCUT2D eigenvalue weighted by Gasteiger charge is -2.38. The van der Waals surface area contributed by atoms with Gasteiger partial charge in [0.2, 0.25) is 5.91 Å². The van der Waals surface area contributed by atoms with Gasteiger partial charge in [-0.3, -0.25) is 4.79 Å². The molecule has 144 valence electrons. The molecule has 26 heavy (non-hydrogen) atoms. The molecule has 1 amide bonds. The van der Waals surface area contributed by atoms with Crippen LogP contribution >= 0.6 is 0 Å². The highest BCUT2D eigenvalue weighted by atomic mass is 16.3. The van der Waals surface area contributed by atoms with Crippen molar-refractivity contribution in [1.82, 2.24) is 10.2 Å². The quantitative estimate of drug-likeness (QED) is 0.751. The van der Waals surface area contributed by atoms with E-state index in [1.807, 2.05) is 18.2 Å². The third kappa shape index (κ3) is 6.10. The van der Waals surface area contributed by atoms with Gasteiger partial charge in [-0.05, 0) is 69.6 Å². The van der Waals surface area contributed by atoms with Crippen LogP contribution in [0.25, 0.3) is 0 Å². The summed E-state index contributed by atoms with van der Waals surface area (Å²) in [5.74, 6) is 0.571. The molecule has 2 N–H and O–H groups in total. The molecule has 0 radical (unpaired) electrons. The molecule has 4 nitrogen and oxygen atoms in total. The van der Waals surface area contributed by atoms with E-state index in [-0.39, 0.29) is 18.1 Å². The molecule has 0 unspecified atom stereocenters. The van der Waals surface area contributed by atoms with Crippen molar-refractivity contribution in [3.8, 4) is 0 Å². The molecule has 0 bridgehead atoms. The maximum atomic E-state index is 12.5. The predicted octanol–water partition coefficient (Wildman–Crippen LogP) is 3.14. The Morgan fingerprint density at radius 3 is 2.46 bits per heavy atom. The number of carbonyl (C=O) groups excluding carboxylic acids is 1. The van der Waals surface area contributed by atoms with Crippen molar-refractivity contribution in [2.75, 3.05) is 19.6 Å². The number of nitrogens with zero attached hydrogens (tertiary/aromatic N) is 1. The van der Waals surface area contributed by atoms with Crippen LogP contribution in [0.2, 0.25) is 0 Å². The van der Waals surface area contributed by atoms with Crippen LogP contribution < -0.4 is 5.32 Å². The van der Waals surface area contributed by atoms with Crippen molar-refractivity contribution in [3.05, 3.63) is 35.9 Å². The van der Waals surface area contributed by atoms with Gasteiger partial charge in [-0.25, -0.2) is 0 Å². The third-order valence-electron chi connectivity index (χ3n) is 5.94. The zero-order valence-corrected chi connectivity index (χ0v) is 15.9. The summed E-state index contributed by atoms with van der Waals surface area (Å²) in [7, 11) is 0. The van der Waals surface area contributed by atoms with E-state index in [4.69, 9.17) is 0 Å². The van der Waals surface area contributed by atoms with E-state index in [0.29, 0.717) is 12.3 Å². The van der Waals surface area contributed by atoms with Gasteiger partial charge in [0, 0.05) is 12.5 Å². The van der Waals surface area contributed by atoms with Crippen LogP contribution in [0.15, 0.2) is 30.3 Å². The van der Waals surface area contributed by atoms with E-state index in [9.17, 15) is 9.90 Å². The minimum Gasteiger partial charge on any atom is -0.393 e. The Kier molecular flexibility index (Phi) is 7.51. The lowest BCUT2D eigenvalue weighted by Crippen LogP contribution is -2.48. The maximum absolute atomic E-state index is 12.5. The Bertz CT molecular complexity index is 534. The van der Waals surface area contributed by atoms with E-state index in [1.54, 1.807) is 0 Å². The highest BCUT2D eigenvalue weighted by molar-refractivity contribution is 5.76. The van der Waals surface area contributed by atoms with Crippen LogP contribution in [0.5, 0.6) is 0 Å². The standard InChI is InChI=1S/C22H34N2O2/c25-20-16-19(17-20)21(15-18-9-4-3-5-10-18)23-22(26)11-8-14-24-12-6-1-2-7-13-24/h3-5,9-10,19-21,25H,1-2,6-8,11-17H2,(H,23,26)/t19?,20?,21-/m0/s1. The monoisotopic (exact) mass is 358 g/mol. The van der Waals surface area contributed by atoms with Crippen molar-refractivity contribution in [2.24, 2.45) is 5.92 Å². The largest absolute Gasteiger partial charge is 0.393 e. The summed E-state index contributed by atoms with van der Waals surface area (Å²) in [6, 6.07) is 10.5. The van der Waals surface area contributed by atoms with Crippen LogP contribution in [0.3, 0.4) is 0 Å². The first kappa shape index (κ1) is 19.4. The Hall–Kier alpha value is -1.39. The molecule has 3 rings (SSSR count). The summed E-state index contributed by atoms with van der Waals surface area (Å²) >= 11 is 0. The van der Waals surface area contributed by atoms with E-state index < -0.39 is 0 Å². The molecule has 1 atom stereocenters. The fourth-order valence-corrected chi connectivity index (χ4v) is 4.26. The fourth-order valence-electron chi connectivity index (χ4n) is 4.26. The van der Waals surface area contributed by atoms with Crippen molar-refractivity contribution in [1.29, 1.82) is 0 Å². The number of hydrogen-bond donors (Lipinski definition) is 2. The van der Waals surface area contributed by atoms with Gasteiger partial charge in [0.1, 0.15) is 0 Å². The van der Waals surface area contributed by atoms with Crippen molar-refractivity contribution >= 4 is 5.91 Å². The number of amides is 1. The van der Waals surface area contributed by atoms with Gasteiger partial charge < -0.3 is 15.3 Å². The summed E-state index contributed by atoms with van der Waals surface area (Å²) < 4.78 is 0. The highest BCUT2D eigenvalue weighted by Gasteiger charge is 2.34. The number of aliphatic hydroxyl groups excluding tert-OH is 1. The topological polar surface area (TPSA) is 52.6 Å². The van der Waals surface area contributed by atoms with Crippen LogP contribution in [-0.4, -0.2) is 47.7 Å². The predicted molar refractivity (Wildman–Crippen MR) is 105 cm³/mol. The number of hydrogen-bond acceptors (Lipinski definition) is 3. The Morgan fingerprint density at radius 2 is 1.81 bits per heavy atom. The van der Waals surface area contributed by atoms with E-state index in [0.717, 1.165) is 32.2 Å². The second-order valence-electron chi connectivity index (χ2n) is 8.11. The highest BCUT2D eigenvalue weighted by Crippen LogP contribution is 2.31. The normalized spacial score (nSPS) is 25.1. The Balaban J connectivity index is 1.44. The molecule has 0 aromatic heterocycles. The zero-order chi connectivity index (χ0) is 18.2. The molecule has 2 aliphatic rings. The lowest BCUT2D eigenvalue weighted by molar-refractivity contribution is -0.123. The SMILES string of the molecule is O=C(CCCN1CCCCCC1)N[C@@H](Cc1ccccc1)C1CC(O)C1. The van der Waals surface area contributed by atoms with Crippen molar-refractivity contribution in [3.63, 3.8) is 0 Å². The number of rotatable bonds is 8. The average Bonchev–Trinajstić information content (AvgIpc) is 2.88. The second kappa shape index (κ2) is 10.1. The molecule has 1 saturated heterocycles. The average molecular weight is 359 g/mol. The van der Waals surface area contributed by atoms with Crippen LogP contribution in [-0.2, 0) is 11.2 Å². The molecule has 0 spiro atoms. The summed E-state index contributed by atoms with van der Waals surface area (Å²) in [6.07, 6.45) is 9.15. The number of carbonyl (C=O) groups is 1. The van der Waals surface area contributed by atoms with Crippen LogP contribution in [0, 0.1) is 5.92 Å². The summed E-state index contributed by atoms with van der Waals surface area (Å²) in [5, 5.41) is 12.9. The number of nitrogens with one attached hydrogen (secondary N) is 1. The van der Waals surface area contributed by atoms with Gasteiger partial charge in [0.05, 0.1) is 6.10 Å². The number of aliphatic hydroxyl groups is 1. The molecular formula is C22H34N2O2. The molecule has 1 saturated carbocycles. The number of benzene rings is 1. The summed E-state index contributed by atoms with van der Waals surface area (Å²) in [6.45, 7) is 3.43. The third-order valence-corrected chi connectivity index (χ3v) is 5.94. The molecule has 1 aliphatic carbocycles. The zero-order valence-electron chi connectivity index (χ0n) is 15.9. The first-order valence-electron chi connectivity index (χ1n) is 10.4. The van der Waals surface area contributed by atoms with Gasteiger partial charge in [-0.15, -0.1) is 0 Å². The maximum Gasteiger partial charge on any atom is 0.220 e. The lowest BCUT2D eigenvalue weighted by atomic mass is 9.75.